The summed E-state index contributed by atoms with van der Waals surface area (Å²) in [6, 6.07) is 8.60. The number of carbonyl (C=O) groups is 1. The van der Waals surface area contributed by atoms with E-state index in [1.165, 1.54) is 23.9 Å². The summed E-state index contributed by atoms with van der Waals surface area (Å²) in [5.74, 6) is 1.51. The van der Waals surface area contributed by atoms with Crippen molar-refractivity contribution in [3.8, 4) is 23.1 Å². The number of halogens is 1. The number of carbonyl (C=O) groups excluding carboxylic acids is 1. The molecule has 7 nitrogen and oxygen atoms in total. The number of hydrogen-bond acceptors (Lipinski definition) is 7. The van der Waals surface area contributed by atoms with Crippen LogP contribution in [-0.4, -0.2) is 22.7 Å². The van der Waals surface area contributed by atoms with Crippen LogP contribution < -0.4 is 19.5 Å². The molecule has 1 N–H and O–H groups in total. The van der Waals surface area contributed by atoms with E-state index in [4.69, 9.17) is 25.8 Å². The predicted molar refractivity (Wildman–Crippen MR) is 99.9 cm³/mol. The lowest BCUT2D eigenvalue weighted by atomic mass is 10.2. The van der Waals surface area contributed by atoms with Crippen LogP contribution >= 0.6 is 22.9 Å². The summed E-state index contributed by atoms with van der Waals surface area (Å²) in [4.78, 5) is 21.7. The number of amides is 1. The van der Waals surface area contributed by atoms with E-state index in [9.17, 15) is 4.79 Å². The molecule has 0 spiro atoms. The Morgan fingerprint density at radius 2 is 2.15 bits per heavy atom. The lowest BCUT2D eigenvalue weighted by molar-refractivity contribution is 0.0937. The molecule has 1 amide bonds. The highest BCUT2D eigenvalue weighted by atomic mass is 35.5. The minimum atomic E-state index is -0.344. The maximum absolute atomic E-state index is 12.7. The summed E-state index contributed by atoms with van der Waals surface area (Å²) >= 11 is 7.37. The summed E-state index contributed by atoms with van der Waals surface area (Å²) in [5.41, 5.74) is 0.227. The molecule has 0 bridgehead atoms. The van der Waals surface area contributed by atoms with Gasteiger partial charge in [-0.05, 0) is 31.2 Å². The molecule has 3 aromatic rings. The van der Waals surface area contributed by atoms with E-state index < -0.39 is 0 Å². The first kappa shape index (κ1) is 17.6. The Hall–Kier alpha value is -2.84. The molecule has 0 radical (unpaired) electrons. The maximum atomic E-state index is 12.7. The zero-order chi connectivity index (χ0) is 18.8. The SMILES string of the molecule is C[C@@H](NC(=O)c1cncnc1Oc1ccc2c(c1)OCO2)c1ccc(Cl)s1. The van der Waals surface area contributed by atoms with Gasteiger partial charge in [-0.3, -0.25) is 4.79 Å². The van der Waals surface area contributed by atoms with Gasteiger partial charge in [-0.25, -0.2) is 9.97 Å². The minimum absolute atomic E-state index is 0.151. The predicted octanol–water partition coefficient (Wildman–Crippen LogP) is 4.20. The van der Waals surface area contributed by atoms with Crippen LogP contribution in [0, 0.1) is 0 Å². The van der Waals surface area contributed by atoms with Crippen LogP contribution in [0.25, 0.3) is 0 Å². The minimum Gasteiger partial charge on any atom is -0.454 e. The summed E-state index contributed by atoms with van der Waals surface area (Å²) in [6.07, 6.45) is 2.74. The van der Waals surface area contributed by atoms with E-state index in [2.05, 4.69) is 15.3 Å². The molecular weight excluding hydrogens is 390 g/mol. The van der Waals surface area contributed by atoms with Gasteiger partial charge in [0.1, 0.15) is 17.6 Å². The van der Waals surface area contributed by atoms with Crippen molar-refractivity contribution in [2.45, 2.75) is 13.0 Å². The quantitative estimate of drug-likeness (QED) is 0.687. The maximum Gasteiger partial charge on any atom is 0.258 e. The Labute approximate surface area is 163 Å². The van der Waals surface area contributed by atoms with Crippen molar-refractivity contribution in [1.29, 1.82) is 0 Å². The summed E-state index contributed by atoms with van der Waals surface area (Å²) in [5, 5.41) is 2.90. The molecular formula is C18H14ClN3O4S. The van der Waals surface area contributed by atoms with Gasteiger partial charge in [0.25, 0.3) is 5.91 Å². The first-order valence-electron chi connectivity index (χ1n) is 8.04. The zero-order valence-electron chi connectivity index (χ0n) is 14.1. The number of rotatable bonds is 5. The molecule has 138 valence electrons. The average Bonchev–Trinajstić information content (AvgIpc) is 3.30. The standard InChI is InChI=1S/C18H14ClN3O4S/c1-10(15-4-5-16(19)27-15)22-17(23)12-7-20-8-21-18(12)26-11-2-3-13-14(6-11)25-9-24-13/h2-8,10H,9H2,1H3,(H,22,23)/t10-/m1/s1. The zero-order valence-corrected chi connectivity index (χ0v) is 15.7. The molecule has 0 saturated heterocycles. The first-order chi connectivity index (χ1) is 13.1. The van der Waals surface area contributed by atoms with Crippen molar-refractivity contribution in [1.82, 2.24) is 15.3 Å². The molecule has 1 atom stereocenters. The Morgan fingerprint density at radius 1 is 1.30 bits per heavy atom. The number of aromatic nitrogens is 2. The normalized spacial score (nSPS) is 13.3. The Bertz CT molecular complexity index is 994. The molecule has 2 aromatic heterocycles. The van der Waals surface area contributed by atoms with Crippen LogP contribution in [0.15, 0.2) is 42.9 Å². The second-order valence-electron chi connectivity index (χ2n) is 5.70. The van der Waals surface area contributed by atoms with Crippen molar-refractivity contribution in [2.24, 2.45) is 0 Å². The van der Waals surface area contributed by atoms with Crippen molar-refractivity contribution in [2.75, 3.05) is 6.79 Å². The Kier molecular flexibility index (Phi) is 4.83. The molecule has 3 heterocycles. The molecule has 4 rings (SSSR count). The monoisotopic (exact) mass is 403 g/mol. The molecule has 1 aliphatic rings. The third-order valence-corrected chi connectivity index (χ3v) is 5.26. The second-order valence-corrected chi connectivity index (χ2v) is 7.44. The number of fused-ring (bicyclic) bond motifs is 1. The highest BCUT2D eigenvalue weighted by Gasteiger charge is 2.20. The summed E-state index contributed by atoms with van der Waals surface area (Å²) in [7, 11) is 0. The van der Waals surface area contributed by atoms with Crippen molar-refractivity contribution in [3.63, 3.8) is 0 Å². The third kappa shape index (κ3) is 3.81. The van der Waals surface area contributed by atoms with Crippen molar-refractivity contribution >= 4 is 28.8 Å². The number of hydrogen-bond donors (Lipinski definition) is 1. The first-order valence-corrected chi connectivity index (χ1v) is 9.23. The van der Waals surface area contributed by atoms with Crippen LogP contribution in [-0.2, 0) is 0 Å². The highest BCUT2D eigenvalue weighted by Crippen LogP contribution is 2.36. The van der Waals surface area contributed by atoms with Crippen LogP contribution in [0.3, 0.4) is 0 Å². The molecule has 0 saturated carbocycles. The van der Waals surface area contributed by atoms with Gasteiger partial charge >= 0.3 is 0 Å². The number of nitrogens with one attached hydrogen (secondary N) is 1. The fourth-order valence-corrected chi connectivity index (χ4v) is 3.58. The van der Waals surface area contributed by atoms with E-state index in [-0.39, 0.29) is 30.2 Å². The van der Waals surface area contributed by atoms with Gasteiger partial charge in [-0.2, -0.15) is 0 Å². The Morgan fingerprint density at radius 3 is 2.96 bits per heavy atom. The largest absolute Gasteiger partial charge is 0.454 e. The number of nitrogens with zero attached hydrogens (tertiary/aromatic N) is 2. The van der Waals surface area contributed by atoms with Crippen LogP contribution in [0.4, 0.5) is 0 Å². The molecule has 0 aliphatic carbocycles. The van der Waals surface area contributed by atoms with Gasteiger partial charge in [0.15, 0.2) is 11.5 Å². The third-order valence-electron chi connectivity index (χ3n) is 3.85. The molecule has 0 unspecified atom stereocenters. The van der Waals surface area contributed by atoms with Gasteiger partial charge in [0.05, 0.1) is 10.4 Å². The van der Waals surface area contributed by atoms with Gasteiger partial charge in [-0.1, -0.05) is 11.6 Å². The Balaban J connectivity index is 1.53. The average molecular weight is 404 g/mol. The van der Waals surface area contributed by atoms with Gasteiger partial charge in [-0.15, -0.1) is 11.3 Å². The van der Waals surface area contributed by atoms with Crippen molar-refractivity contribution < 1.29 is 19.0 Å². The van der Waals surface area contributed by atoms with Gasteiger partial charge in [0, 0.05) is 17.1 Å². The van der Waals surface area contributed by atoms with E-state index >= 15 is 0 Å². The van der Waals surface area contributed by atoms with E-state index in [1.807, 2.05) is 13.0 Å². The van der Waals surface area contributed by atoms with Crippen LogP contribution in [0.5, 0.6) is 23.1 Å². The van der Waals surface area contributed by atoms with Crippen LogP contribution in [0.1, 0.15) is 28.2 Å². The molecule has 9 heteroatoms. The van der Waals surface area contributed by atoms with E-state index in [0.717, 1.165) is 4.88 Å². The number of ether oxygens (including phenoxy) is 3. The fraction of sp³-hybridized carbons (Fsp3) is 0.167. The number of thiophene rings is 1. The van der Waals surface area contributed by atoms with E-state index in [1.54, 1.807) is 24.3 Å². The van der Waals surface area contributed by atoms with E-state index in [0.29, 0.717) is 21.6 Å². The second kappa shape index (κ2) is 7.42. The topological polar surface area (TPSA) is 82.6 Å². The van der Waals surface area contributed by atoms with Gasteiger partial charge in [0.2, 0.25) is 12.7 Å². The summed E-state index contributed by atoms with van der Waals surface area (Å²) < 4.78 is 17.1. The smallest absolute Gasteiger partial charge is 0.258 e. The molecule has 0 fully saturated rings. The van der Waals surface area contributed by atoms with Gasteiger partial charge < -0.3 is 19.5 Å². The fourth-order valence-electron chi connectivity index (χ4n) is 2.51. The van der Waals surface area contributed by atoms with Crippen LogP contribution in [0.2, 0.25) is 4.34 Å². The molecule has 1 aliphatic heterocycles. The highest BCUT2D eigenvalue weighted by molar-refractivity contribution is 7.16. The number of benzene rings is 1. The summed E-state index contributed by atoms with van der Waals surface area (Å²) in [6.45, 7) is 2.05. The molecule has 1 aromatic carbocycles. The van der Waals surface area contributed by atoms with Crippen molar-refractivity contribution in [3.05, 3.63) is 57.6 Å². The lowest BCUT2D eigenvalue weighted by Crippen LogP contribution is -2.26. The lowest BCUT2D eigenvalue weighted by Gasteiger charge is -2.14. The molecule has 27 heavy (non-hydrogen) atoms.